The maximum absolute atomic E-state index is 13.4. The quantitative estimate of drug-likeness (QED) is 0.740. The second-order valence-corrected chi connectivity index (χ2v) is 8.82. The zero-order chi connectivity index (χ0) is 19.6. The molecule has 3 aliphatic carbocycles. The van der Waals surface area contributed by atoms with E-state index in [0.717, 1.165) is 44.3 Å². The molecule has 3 aliphatic rings. The lowest BCUT2D eigenvalue weighted by Crippen LogP contribution is -2.49. The molecule has 2 aromatic rings. The van der Waals surface area contributed by atoms with E-state index in [1.54, 1.807) is 12.4 Å². The van der Waals surface area contributed by atoms with Gasteiger partial charge in [-0.05, 0) is 38.5 Å². The van der Waals surface area contributed by atoms with Crippen LogP contribution in [-0.2, 0) is 0 Å². The first kappa shape index (κ1) is 18.7. The monoisotopic (exact) mass is 395 g/mol. The van der Waals surface area contributed by atoms with Gasteiger partial charge in [0, 0.05) is 30.4 Å². The molecule has 0 aliphatic heterocycles. The van der Waals surface area contributed by atoms with Gasteiger partial charge in [-0.15, -0.1) is 0 Å². The highest BCUT2D eigenvalue weighted by Crippen LogP contribution is 2.38. The van der Waals surface area contributed by atoms with Gasteiger partial charge in [0.15, 0.2) is 0 Å². The van der Waals surface area contributed by atoms with E-state index < -0.39 is 0 Å². The molecule has 3 saturated carbocycles. The van der Waals surface area contributed by atoms with E-state index in [1.165, 1.54) is 38.5 Å². The van der Waals surface area contributed by atoms with Crippen LogP contribution in [0.15, 0.2) is 16.9 Å². The molecule has 0 aromatic carbocycles. The summed E-state index contributed by atoms with van der Waals surface area (Å²) in [6.45, 7) is 0. The Labute approximate surface area is 171 Å². The fraction of sp³-hybridized carbons (Fsp3) is 0.682. The number of aromatic nitrogens is 4. The lowest BCUT2D eigenvalue weighted by molar-refractivity contribution is 0.0433. The van der Waals surface area contributed by atoms with Gasteiger partial charge in [0.1, 0.15) is 5.82 Å². The van der Waals surface area contributed by atoms with Gasteiger partial charge in [0.05, 0.1) is 5.56 Å². The Bertz CT molecular complexity index is 815. The van der Waals surface area contributed by atoms with Crippen molar-refractivity contribution < 1.29 is 9.32 Å². The minimum atomic E-state index is -0.0747. The molecule has 0 N–H and O–H groups in total. The van der Waals surface area contributed by atoms with Crippen LogP contribution in [0.2, 0.25) is 0 Å². The van der Waals surface area contributed by atoms with Crippen LogP contribution in [0.1, 0.15) is 99.4 Å². The number of nitrogens with zero attached hydrogens (tertiary/aromatic N) is 5. The first-order valence-corrected chi connectivity index (χ1v) is 11.3. The van der Waals surface area contributed by atoms with Crippen molar-refractivity contribution >= 4 is 5.91 Å². The molecule has 1 amide bonds. The normalized spacial score (nSPS) is 21.2. The van der Waals surface area contributed by atoms with Crippen molar-refractivity contribution in [3.05, 3.63) is 24.0 Å². The van der Waals surface area contributed by atoms with Crippen molar-refractivity contribution in [3.8, 4) is 11.5 Å². The third-order valence-corrected chi connectivity index (χ3v) is 6.65. The predicted octanol–water partition coefficient (Wildman–Crippen LogP) is 4.51. The third-order valence-electron chi connectivity index (χ3n) is 6.65. The smallest absolute Gasteiger partial charge is 0.295 e. The molecule has 0 saturated heterocycles. The summed E-state index contributed by atoms with van der Waals surface area (Å²) < 4.78 is 5.42. The first-order valence-electron chi connectivity index (χ1n) is 11.3. The molecule has 29 heavy (non-hydrogen) atoms. The Balaban J connectivity index is 1.36. The number of rotatable bonds is 5. The Morgan fingerprint density at radius 2 is 1.45 bits per heavy atom. The fourth-order valence-electron chi connectivity index (χ4n) is 4.89. The van der Waals surface area contributed by atoms with Crippen LogP contribution in [-0.4, -0.2) is 43.0 Å². The standard InChI is InChI=1S/C22H29N5O2/c28-22(27(17-7-3-1-4-8-17)18-9-5-2-6-10-18)20-25-21(29-26-20)16-13-23-19(24-14-16)15-11-12-15/h13-15,17-18H,1-12H2. The van der Waals surface area contributed by atoms with Crippen LogP contribution >= 0.6 is 0 Å². The molecule has 0 bridgehead atoms. The highest BCUT2D eigenvalue weighted by Gasteiger charge is 2.35. The van der Waals surface area contributed by atoms with Crippen LogP contribution in [0, 0.1) is 0 Å². The van der Waals surface area contributed by atoms with Crippen LogP contribution in [0.5, 0.6) is 0 Å². The molecule has 5 rings (SSSR count). The topological polar surface area (TPSA) is 85.0 Å². The lowest BCUT2D eigenvalue weighted by atomic mass is 9.88. The van der Waals surface area contributed by atoms with Gasteiger partial charge in [-0.3, -0.25) is 4.79 Å². The zero-order valence-electron chi connectivity index (χ0n) is 16.9. The van der Waals surface area contributed by atoms with Crippen LogP contribution in [0.25, 0.3) is 11.5 Å². The van der Waals surface area contributed by atoms with E-state index in [0.29, 0.717) is 29.5 Å². The Kier molecular flexibility index (Phi) is 5.29. The summed E-state index contributed by atoms with van der Waals surface area (Å²) in [6, 6.07) is 0.616. The summed E-state index contributed by atoms with van der Waals surface area (Å²) in [5.41, 5.74) is 0.669. The number of hydrogen-bond acceptors (Lipinski definition) is 6. The second kappa shape index (κ2) is 8.20. The maximum Gasteiger partial charge on any atom is 0.295 e. The third kappa shape index (κ3) is 4.05. The van der Waals surface area contributed by atoms with E-state index in [9.17, 15) is 4.79 Å². The largest absolute Gasteiger partial charge is 0.333 e. The second-order valence-electron chi connectivity index (χ2n) is 8.82. The molecule has 2 heterocycles. The van der Waals surface area contributed by atoms with Crippen molar-refractivity contribution in [1.29, 1.82) is 0 Å². The molecule has 7 nitrogen and oxygen atoms in total. The van der Waals surface area contributed by atoms with Crippen molar-refractivity contribution in [1.82, 2.24) is 25.0 Å². The fourth-order valence-corrected chi connectivity index (χ4v) is 4.89. The molecule has 0 atom stereocenters. The minimum absolute atomic E-state index is 0.0747. The van der Waals surface area contributed by atoms with Gasteiger partial charge >= 0.3 is 0 Å². The zero-order valence-corrected chi connectivity index (χ0v) is 16.9. The average Bonchev–Trinajstić information content (AvgIpc) is 3.52. The Hall–Kier alpha value is -2.31. The highest BCUT2D eigenvalue weighted by molar-refractivity contribution is 5.91. The average molecular weight is 396 g/mol. The van der Waals surface area contributed by atoms with Gasteiger partial charge in [0.25, 0.3) is 17.6 Å². The van der Waals surface area contributed by atoms with E-state index in [2.05, 4.69) is 25.0 Å². The summed E-state index contributed by atoms with van der Waals surface area (Å²) in [5.74, 6) is 1.80. The SMILES string of the molecule is O=C(c1noc(-c2cnc(C3CC3)nc2)n1)N(C1CCCCC1)C1CCCCC1. The van der Waals surface area contributed by atoms with E-state index >= 15 is 0 Å². The van der Waals surface area contributed by atoms with Crippen molar-refractivity contribution in [3.63, 3.8) is 0 Å². The Morgan fingerprint density at radius 1 is 0.862 bits per heavy atom. The van der Waals surface area contributed by atoms with E-state index in [4.69, 9.17) is 4.52 Å². The maximum atomic E-state index is 13.4. The van der Waals surface area contributed by atoms with Gasteiger partial charge in [0.2, 0.25) is 0 Å². The van der Waals surface area contributed by atoms with Crippen molar-refractivity contribution in [2.75, 3.05) is 0 Å². The number of carbonyl (C=O) groups excluding carboxylic acids is 1. The first-order chi connectivity index (χ1) is 14.3. The molecular formula is C22H29N5O2. The van der Waals surface area contributed by atoms with E-state index in [1.807, 2.05) is 0 Å². The van der Waals surface area contributed by atoms with Crippen molar-refractivity contribution in [2.24, 2.45) is 0 Å². The minimum Gasteiger partial charge on any atom is -0.333 e. The number of amides is 1. The Morgan fingerprint density at radius 3 is 2.00 bits per heavy atom. The molecule has 154 valence electrons. The molecular weight excluding hydrogens is 366 g/mol. The summed E-state index contributed by atoms with van der Waals surface area (Å²) in [6.07, 6.45) is 17.5. The predicted molar refractivity (Wildman–Crippen MR) is 107 cm³/mol. The lowest BCUT2D eigenvalue weighted by Gasteiger charge is -2.41. The highest BCUT2D eigenvalue weighted by atomic mass is 16.5. The summed E-state index contributed by atoms with van der Waals surface area (Å²) in [5, 5.41) is 4.04. The molecule has 0 spiro atoms. The van der Waals surface area contributed by atoms with Gasteiger partial charge in [-0.2, -0.15) is 4.98 Å². The van der Waals surface area contributed by atoms with Crippen LogP contribution < -0.4 is 0 Å². The van der Waals surface area contributed by atoms with Gasteiger partial charge < -0.3 is 9.42 Å². The van der Waals surface area contributed by atoms with Gasteiger partial charge in [-0.1, -0.05) is 43.7 Å². The molecule has 0 unspecified atom stereocenters. The molecule has 3 fully saturated rings. The number of carbonyl (C=O) groups is 1. The van der Waals surface area contributed by atoms with Crippen molar-refractivity contribution in [2.45, 2.75) is 95.1 Å². The van der Waals surface area contributed by atoms with E-state index in [-0.39, 0.29) is 11.7 Å². The van der Waals surface area contributed by atoms with Crippen LogP contribution in [0.4, 0.5) is 0 Å². The summed E-state index contributed by atoms with van der Waals surface area (Å²) in [7, 11) is 0. The van der Waals surface area contributed by atoms with Crippen LogP contribution in [0.3, 0.4) is 0 Å². The molecule has 2 aromatic heterocycles. The summed E-state index contributed by atoms with van der Waals surface area (Å²) >= 11 is 0. The molecule has 0 radical (unpaired) electrons. The summed E-state index contributed by atoms with van der Waals surface area (Å²) in [4.78, 5) is 28.8. The molecule has 7 heteroatoms. The van der Waals surface area contributed by atoms with Gasteiger partial charge in [-0.25, -0.2) is 9.97 Å². The number of hydrogen-bond donors (Lipinski definition) is 0.